The Labute approximate surface area is 153 Å². The summed E-state index contributed by atoms with van der Waals surface area (Å²) in [5, 5.41) is 13.2. The van der Waals surface area contributed by atoms with Gasteiger partial charge in [-0.1, -0.05) is 25.0 Å². The summed E-state index contributed by atoms with van der Waals surface area (Å²) < 4.78 is 11.1. The minimum atomic E-state index is 0.191. The van der Waals surface area contributed by atoms with Crippen LogP contribution < -0.4 is 10.1 Å². The molecule has 0 aliphatic carbocycles. The number of methoxy groups -OCH3 is 1. The molecule has 0 spiro atoms. The highest BCUT2D eigenvalue weighted by Gasteiger charge is 2.19. The summed E-state index contributed by atoms with van der Waals surface area (Å²) in [5.74, 6) is 1.29. The molecule has 0 bridgehead atoms. The number of hydrogen-bond donors (Lipinski definition) is 2. The van der Waals surface area contributed by atoms with Crippen LogP contribution in [0.3, 0.4) is 0 Å². The predicted molar refractivity (Wildman–Crippen MR) is 104 cm³/mol. The Bertz CT molecular complexity index is 516. The minimum absolute atomic E-state index is 0.191. The molecule has 142 valence electrons. The van der Waals surface area contributed by atoms with Gasteiger partial charge in [-0.2, -0.15) is 0 Å². The molecule has 25 heavy (non-hydrogen) atoms. The third kappa shape index (κ3) is 7.93. The number of phenolic OH excluding ortho intramolecular Hbond substituents is 1. The molecule has 2 N–H and O–H groups in total. The van der Waals surface area contributed by atoms with Gasteiger partial charge in [0.05, 0.1) is 12.7 Å². The van der Waals surface area contributed by atoms with Gasteiger partial charge in [-0.25, -0.2) is 0 Å². The van der Waals surface area contributed by atoms with Crippen molar-refractivity contribution in [2.75, 3.05) is 20.3 Å². The summed E-state index contributed by atoms with van der Waals surface area (Å²) in [5.41, 5.74) is 2.34. The molecular weight excluding hydrogens is 314 g/mol. The first kappa shape index (κ1) is 21.5. The van der Waals surface area contributed by atoms with E-state index in [-0.39, 0.29) is 5.75 Å². The first-order chi connectivity index (χ1) is 12.0. The molecule has 4 heteroatoms. The average Bonchev–Trinajstić information content (AvgIpc) is 2.59. The van der Waals surface area contributed by atoms with Crippen molar-refractivity contribution in [2.45, 2.75) is 59.1 Å². The van der Waals surface area contributed by atoms with Crippen molar-refractivity contribution in [3.05, 3.63) is 35.9 Å². The zero-order valence-electron chi connectivity index (χ0n) is 16.3. The SMILES string of the molecule is C=C(C)CC(CC)C(CCCNCc1ccc(O)c(OCC)c1)OC. The predicted octanol–water partition coefficient (Wildman–Crippen LogP) is 4.67. The molecule has 0 radical (unpaired) electrons. The quantitative estimate of drug-likeness (QED) is 0.401. The maximum absolute atomic E-state index is 9.74. The van der Waals surface area contributed by atoms with Crippen LogP contribution in [0.15, 0.2) is 30.4 Å². The topological polar surface area (TPSA) is 50.7 Å². The fourth-order valence-electron chi connectivity index (χ4n) is 3.13. The lowest BCUT2D eigenvalue weighted by atomic mass is 9.90. The third-order valence-corrected chi connectivity index (χ3v) is 4.46. The summed E-state index contributed by atoms with van der Waals surface area (Å²) in [4.78, 5) is 0. The molecular formula is C21H35NO3. The molecule has 0 saturated carbocycles. The number of phenols is 1. The maximum atomic E-state index is 9.74. The van der Waals surface area contributed by atoms with E-state index in [1.165, 1.54) is 5.57 Å². The third-order valence-electron chi connectivity index (χ3n) is 4.46. The molecule has 4 nitrogen and oxygen atoms in total. The summed E-state index contributed by atoms with van der Waals surface area (Å²) >= 11 is 0. The molecule has 0 amide bonds. The van der Waals surface area contributed by atoms with E-state index in [9.17, 15) is 5.11 Å². The molecule has 1 rings (SSSR count). The van der Waals surface area contributed by atoms with Crippen molar-refractivity contribution in [2.24, 2.45) is 5.92 Å². The summed E-state index contributed by atoms with van der Waals surface area (Å²) in [6.07, 6.45) is 4.57. The number of ether oxygens (including phenoxy) is 2. The monoisotopic (exact) mass is 349 g/mol. The lowest BCUT2D eigenvalue weighted by Crippen LogP contribution is -2.24. The van der Waals surface area contributed by atoms with E-state index in [0.29, 0.717) is 24.4 Å². The van der Waals surface area contributed by atoms with E-state index in [2.05, 4.69) is 25.7 Å². The lowest BCUT2D eigenvalue weighted by Gasteiger charge is -2.25. The second-order valence-electron chi connectivity index (χ2n) is 6.66. The molecule has 0 aliphatic heterocycles. The van der Waals surface area contributed by atoms with E-state index in [1.54, 1.807) is 6.07 Å². The minimum Gasteiger partial charge on any atom is -0.504 e. The van der Waals surface area contributed by atoms with E-state index >= 15 is 0 Å². The second kappa shape index (κ2) is 11.9. The van der Waals surface area contributed by atoms with Crippen LogP contribution in [-0.2, 0) is 11.3 Å². The van der Waals surface area contributed by atoms with Gasteiger partial charge in [0.15, 0.2) is 11.5 Å². The molecule has 0 aliphatic rings. The molecule has 0 heterocycles. The standard InChI is InChI=1S/C21H35NO3/c1-6-18(13-16(3)4)20(24-5)9-8-12-22-15-17-10-11-19(23)21(14-17)25-7-2/h10-11,14,18,20,22-23H,3,6-9,12-13,15H2,1-2,4-5H3. The largest absolute Gasteiger partial charge is 0.504 e. The Kier molecular flexibility index (Phi) is 10.3. The van der Waals surface area contributed by atoms with Crippen molar-refractivity contribution in [3.8, 4) is 11.5 Å². The summed E-state index contributed by atoms with van der Waals surface area (Å²) in [6.45, 7) is 12.5. The Morgan fingerprint density at radius 1 is 1.32 bits per heavy atom. The molecule has 0 saturated heterocycles. The van der Waals surface area contributed by atoms with Gasteiger partial charge < -0.3 is 19.9 Å². The fraction of sp³-hybridized carbons (Fsp3) is 0.619. The number of hydrogen-bond acceptors (Lipinski definition) is 4. The number of benzene rings is 1. The van der Waals surface area contributed by atoms with Crippen LogP contribution in [0.4, 0.5) is 0 Å². The van der Waals surface area contributed by atoms with Gasteiger partial charge >= 0.3 is 0 Å². The number of aromatic hydroxyl groups is 1. The van der Waals surface area contributed by atoms with Crippen LogP contribution in [0.2, 0.25) is 0 Å². The molecule has 0 fully saturated rings. The highest BCUT2D eigenvalue weighted by molar-refractivity contribution is 5.41. The van der Waals surface area contributed by atoms with Crippen LogP contribution in [0.5, 0.6) is 11.5 Å². The smallest absolute Gasteiger partial charge is 0.161 e. The van der Waals surface area contributed by atoms with Crippen LogP contribution >= 0.6 is 0 Å². The Balaban J connectivity index is 2.37. The van der Waals surface area contributed by atoms with Gasteiger partial charge in [-0.15, -0.1) is 6.58 Å². The van der Waals surface area contributed by atoms with E-state index in [4.69, 9.17) is 9.47 Å². The molecule has 2 unspecified atom stereocenters. The maximum Gasteiger partial charge on any atom is 0.161 e. The van der Waals surface area contributed by atoms with Crippen LogP contribution in [-0.4, -0.2) is 31.5 Å². The number of nitrogens with one attached hydrogen (secondary N) is 1. The van der Waals surface area contributed by atoms with E-state index in [0.717, 1.165) is 44.3 Å². The van der Waals surface area contributed by atoms with E-state index < -0.39 is 0 Å². The zero-order chi connectivity index (χ0) is 18.7. The van der Waals surface area contributed by atoms with Crippen LogP contribution in [0, 0.1) is 5.92 Å². The summed E-state index contributed by atoms with van der Waals surface area (Å²) in [7, 11) is 1.81. The van der Waals surface area contributed by atoms with Gasteiger partial charge in [0.2, 0.25) is 0 Å². The molecule has 2 atom stereocenters. The Morgan fingerprint density at radius 2 is 2.08 bits per heavy atom. The van der Waals surface area contributed by atoms with Gasteiger partial charge in [0, 0.05) is 13.7 Å². The fourth-order valence-corrected chi connectivity index (χ4v) is 3.13. The first-order valence-electron chi connectivity index (χ1n) is 9.34. The normalized spacial score (nSPS) is 13.4. The van der Waals surface area contributed by atoms with Gasteiger partial charge in [-0.3, -0.25) is 0 Å². The van der Waals surface area contributed by atoms with E-state index in [1.807, 2.05) is 26.2 Å². The van der Waals surface area contributed by atoms with Gasteiger partial charge in [0.25, 0.3) is 0 Å². The van der Waals surface area contributed by atoms with Gasteiger partial charge in [0.1, 0.15) is 0 Å². The Hall–Kier alpha value is -1.52. The highest BCUT2D eigenvalue weighted by Crippen LogP contribution is 2.27. The highest BCUT2D eigenvalue weighted by atomic mass is 16.5. The molecule has 1 aromatic rings. The van der Waals surface area contributed by atoms with Crippen molar-refractivity contribution >= 4 is 0 Å². The van der Waals surface area contributed by atoms with Gasteiger partial charge in [-0.05, 0) is 63.3 Å². The first-order valence-corrected chi connectivity index (χ1v) is 9.34. The molecule has 0 aromatic heterocycles. The summed E-state index contributed by atoms with van der Waals surface area (Å²) in [6, 6.07) is 5.50. The van der Waals surface area contributed by atoms with Crippen molar-refractivity contribution in [1.29, 1.82) is 0 Å². The van der Waals surface area contributed by atoms with Crippen molar-refractivity contribution in [1.82, 2.24) is 5.32 Å². The zero-order valence-corrected chi connectivity index (χ0v) is 16.3. The lowest BCUT2D eigenvalue weighted by molar-refractivity contribution is 0.0422. The number of rotatable bonds is 13. The van der Waals surface area contributed by atoms with Crippen molar-refractivity contribution in [3.63, 3.8) is 0 Å². The number of allylic oxidation sites excluding steroid dienone is 1. The van der Waals surface area contributed by atoms with Crippen LogP contribution in [0.1, 0.15) is 52.0 Å². The van der Waals surface area contributed by atoms with Crippen LogP contribution in [0.25, 0.3) is 0 Å². The average molecular weight is 350 g/mol. The second-order valence-corrected chi connectivity index (χ2v) is 6.66. The molecule has 1 aromatic carbocycles. The Morgan fingerprint density at radius 3 is 2.68 bits per heavy atom. The van der Waals surface area contributed by atoms with Crippen molar-refractivity contribution < 1.29 is 14.6 Å².